The monoisotopic (exact) mass is 234 g/mol. The summed E-state index contributed by atoms with van der Waals surface area (Å²) in [5.74, 6) is 2.66. The molecule has 1 saturated carbocycles. The molecule has 1 aliphatic carbocycles. The molecule has 0 bridgehead atoms. The number of anilines is 1. The van der Waals surface area contributed by atoms with E-state index in [-0.39, 0.29) is 0 Å². The summed E-state index contributed by atoms with van der Waals surface area (Å²) in [5.41, 5.74) is 0. The molecular formula is C14H22N2O. The van der Waals surface area contributed by atoms with E-state index in [4.69, 9.17) is 4.74 Å². The fraction of sp³-hybridized carbons (Fsp3) is 0.643. The first-order chi connectivity index (χ1) is 8.31. The fourth-order valence-electron chi connectivity index (χ4n) is 2.59. The predicted molar refractivity (Wildman–Crippen MR) is 70.4 cm³/mol. The molecule has 0 spiro atoms. The van der Waals surface area contributed by atoms with Crippen LogP contribution in [0.25, 0.3) is 0 Å². The van der Waals surface area contributed by atoms with E-state index in [1.165, 1.54) is 32.1 Å². The van der Waals surface area contributed by atoms with E-state index in [0.717, 1.165) is 17.5 Å². The van der Waals surface area contributed by atoms with Gasteiger partial charge in [-0.3, -0.25) is 0 Å². The molecule has 1 aromatic rings. The molecule has 1 heterocycles. The Balaban J connectivity index is 1.90. The molecule has 1 aliphatic rings. The maximum absolute atomic E-state index is 5.10. The van der Waals surface area contributed by atoms with E-state index in [2.05, 4.69) is 17.2 Å². The van der Waals surface area contributed by atoms with Gasteiger partial charge in [-0.1, -0.05) is 26.2 Å². The van der Waals surface area contributed by atoms with Crippen molar-refractivity contribution in [2.45, 2.75) is 45.1 Å². The minimum Gasteiger partial charge on any atom is -0.495 e. The zero-order chi connectivity index (χ0) is 12.1. The highest BCUT2D eigenvalue weighted by atomic mass is 16.5. The molecule has 2 atom stereocenters. The zero-order valence-corrected chi connectivity index (χ0v) is 10.8. The molecule has 0 aliphatic heterocycles. The molecule has 1 aromatic heterocycles. The summed E-state index contributed by atoms with van der Waals surface area (Å²) in [7, 11) is 1.66. The van der Waals surface area contributed by atoms with Gasteiger partial charge in [0.1, 0.15) is 11.6 Å². The van der Waals surface area contributed by atoms with Gasteiger partial charge in [0.25, 0.3) is 0 Å². The van der Waals surface area contributed by atoms with Crippen molar-refractivity contribution >= 4 is 5.82 Å². The number of nitrogens with zero attached hydrogens (tertiary/aromatic N) is 1. The molecule has 3 nitrogen and oxygen atoms in total. The van der Waals surface area contributed by atoms with Crippen LogP contribution < -0.4 is 10.1 Å². The Bertz CT molecular complexity index is 337. The van der Waals surface area contributed by atoms with Gasteiger partial charge < -0.3 is 10.1 Å². The van der Waals surface area contributed by atoms with Crippen molar-refractivity contribution in [1.82, 2.24) is 4.98 Å². The van der Waals surface area contributed by atoms with Gasteiger partial charge in [0.2, 0.25) is 0 Å². The second kappa shape index (κ2) is 5.89. The first-order valence-corrected chi connectivity index (χ1v) is 6.58. The molecule has 2 rings (SSSR count). The van der Waals surface area contributed by atoms with Crippen LogP contribution in [0.15, 0.2) is 18.3 Å². The Kier molecular flexibility index (Phi) is 4.24. The second-order valence-electron chi connectivity index (χ2n) is 4.87. The first kappa shape index (κ1) is 12.2. The van der Waals surface area contributed by atoms with Crippen LogP contribution in [0.1, 0.15) is 39.0 Å². The smallest absolute Gasteiger partial charge is 0.137 e. The third-order valence-electron chi connectivity index (χ3n) is 3.68. The SMILES string of the molecule is CCC1CCCC(Nc2ccc(OC)cn2)C1. The molecule has 0 amide bonds. The summed E-state index contributed by atoms with van der Waals surface area (Å²) in [4.78, 5) is 4.36. The molecule has 17 heavy (non-hydrogen) atoms. The van der Waals surface area contributed by atoms with E-state index >= 15 is 0 Å². The van der Waals surface area contributed by atoms with Crippen LogP contribution in [0.3, 0.4) is 0 Å². The lowest BCUT2D eigenvalue weighted by Crippen LogP contribution is -2.27. The Hall–Kier alpha value is -1.25. The predicted octanol–water partition coefficient (Wildman–Crippen LogP) is 3.47. The molecule has 0 aromatic carbocycles. The molecule has 0 radical (unpaired) electrons. The maximum atomic E-state index is 5.10. The number of methoxy groups -OCH3 is 1. The molecule has 1 fully saturated rings. The van der Waals surface area contributed by atoms with Crippen LogP contribution in [0.5, 0.6) is 5.75 Å². The van der Waals surface area contributed by atoms with E-state index in [0.29, 0.717) is 6.04 Å². The van der Waals surface area contributed by atoms with E-state index in [1.54, 1.807) is 13.3 Å². The fourth-order valence-corrected chi connectivity index (χ4v) is 2.59. The van der Waals surface area contributed by atoms with Crippen molar-refractivity contribution in [2.24, 2.45) is 5.92 Å². The van der Waals surface area contributed by atoms with Gasteiger partial charge in [0.15, 0.2) is 0 Å². The Morgan fingerprint density at radius 2 is 2.29 bits per heavy atom. The van der Waals surface area contributed by atoms with Crippen LogP contribution in [0, 0.1) is 5.92 Å². The third-order valence-corrected chi connectivity index (χ3v) is 3.68. The lowest BCUT2D eigenvalue weighted by atomic mass is 9.84. The van der Waals surface area contributed by atoms with Crippen molar-refractivity contribution in [2.75, 3.05) is 12.4 Å². The molecular weight excluding hydrogens is 212 g/mol. The van der Waals surface area contributed by atoms with Crippen molar-refractivity contribution in [1.29, 1.82) is 0 Å². The van der Waals surface area contributed by atoms with Crippen LogP contribution >= 0.6 is 0 Å². The number of aromatic nitrogens is 1. The van der Waals surface area contributed by atoms with E-state index in [9.17, 15) is 0 Å². The average molecular weight is 234 g/mol. The van der Waals surface area contributed by atoms with Gasteiger partial charge in [-0.2, -0.15) is 0 Å². The van der Waals surface area contributed by atoms with Gasteiger partial charge >= 0.3 is 0 Å². The van der Waals surface area contributed by atoms with Gasteiger partial charge in [-0.05, 0) is 30.9 Å². The van der Waals surface area contributed by atoms with Gasteiger partial charge in [0.05, 0.1) is 13.3 Å². The summed E-state index contributed by atoms with van der Waals surface area (Å²) >= 11 is 0. The van der Waals surface area contributed by atoms with Gasteiger partial charge in [-0.25, -0.2) is 4.98 Å². The topological polar surface area (TPSA) is 34.1 Å². The zero-order valence-electron chi connectivity index (χ0n) is 10.8. The lowest BCUT2D eigenvalue weighted by Gasteiger charge is -2.29. The lowest BCUT2D eigenvalue weighted by molar-refractivity contribution is 0.327. The van der Waals surface area contributed by atoms with Crippen molar-refractivity contribution < 1.29 is 4.74 Å². The van der Waals surface area contributed by atoms with E-state index < -0.39 is 0 Å². The quantitative estimate of drug-likeness (QED) is 0.866. The number of nitrogens with one attached hydrogen (secondary N) is 1. The highest BCUT2D eigenvalue weighted by Gasteiger charge is 2.20. The van der Waals surface area contributed by atoms with Crippen LogP contribution in [-0.4, -0.2) is 18.1 Å². The number of hydrogen-bond donors (Lipinski definition) is 1. The number of hydrogen-bond acceptors (Lipinski definition) is 3. The Morgan fingerprint density at radius 3 is 2.94 bits per heavy atom. The average Bonchev–Trinajstić information content (AvgIpc) is 2.40. The molecule has 1 N–H and O–H groups in total. The van der Waals surface area contributed by atoms with Crippen LogP contribution in [-0.2, 0) is 0 Å². The minimum atomic E-state index is 0.592. The standard InChI is InChI=1S/C14H22N2O/c1-3-11-5-4-6-12(9-11)16-14-8-7-13(17-2)10-15-14/h7-8,10-12H,3-6,9H2,1-2H3,(H,15,16). The van der Waals surface area contributed by atoms with Crippen LogP contribution in [0.4, 0.5) is 5.82 Å². The third kappa shape index (κ3) is 3.35. The maximum Gasteiger partial charge on any atom is 0.137 e. The second-order valence-corrected chi connectivity index (χ2v) is 4.87. The largest absolute Gasteiger partial charge is 0.495 e. The molecule has 3 heteroatoms. The Morgan fingerprint density at radius 1 is 1.41 bits per heavy atom. The first-order valence-electron chi connectivity index (χ1n) is 6.58. The highest BCUT2D eigenvalue weighted by Crippen LogP contribution is 2.28. The summed E-state index contributed by atoms with van der Waals surface area (Å²) < 4.78 is 5.10. The number of ether oxygens (including phenoxy) is 1. The highest BCUT2D eigenvalue weighted by molar-refractivity contribution is 5.38. The minimum absolute atomic E-state index is 0.592. The summed E-state index contributed by atoms with van der Waals surface area (Å²) in [6.45, 7) is 2.29. The molecule has 0 saturated heterocycles. The van der Waals surface area contributed by atoms with Crippen molar-refractivity contribution in [3.8, 4) is 5.75 Å². The summed E-state index contributed by atoms with van der Waals surface area (Å²) in [6.07, 6.45) is 8.35. The van der Waals surface area contributed by atoms with E-state index in [1.807, 2.05) is 12.1 Å². The Labute approximate surface area is 104 Å². The normalized spacial score (nSPS) is 24.4. The summed E-state index contributed by atoms with van der Waals surface area (Å²) in [5, 5.41) is 3.53. The van der Waals surface area contributed by atoms with Gasteiger partial charge in [0, 0.05) is 6.04 Å². The van der Waals surface area contributed by atoms with Crippen molar-refractivity contribution in [3.63, 3.8) is 0 Å². The van der Waals surface area contributed by atoms with Crippen molar-refractivity contribution in [3.05, 3.63) is 18.3 Å². The molecule has 94 valence electrons. The number of rotatable bonds is 4. The molecule has 2 unspecified atom stereocenters. The number of pyridine rings is 1. The van der Waals surface area contributed by atoms with Gasteiger partial charge in [-0.15, -0.1) is 0 Å². The summed E-state index contributed by atoms with van der Waals surface area (Å²) in [6, 6.07) is 4.54. The van der Waals surface area contributed by atoms with Crippen LogP contribution in [0.2, 0.25) is 0 Å².